The number of hydrogen-bond acceptors (Lipinski definition) is 3. The van der Waals surface area contributed by atoms with E-state index in [-0.39, 0.29) is 14.0 Å². The molecule has 0 radical (unpaired) electrons. The summed E-state index contributed by atoms with van der Waals surface area (Å²) in [6.45, 7) is 3.11. The first kappa shape index (κ1) is 12.9. The molecule has 0 aliphatic rings. The lowest BCUT2D eigenvalue weighted by molar-refractivity contribution is 0.0480. The molecule has 0 saturated heterocycles. The average Bonchev–Trinajstić information content (AvgIpc) is 1.87. The van der Waals surface area contributed by atoms with Crippen LogP contribution in [0.2, 0.25) is 0 Å². The standard InChI is InChI=1S/C6H12O4.CH4/c1-2-3-9-4-5-10-6(7)8;/h2-5H2,1H3,(H,7,8);1H4. The van der Waals surface area contributed by atoms with Crippen molar-refractivity contribution in [3.05, 3.63) is 0 Å². The molecule has 0 fully saturated rings. The van der Waals surface area contributed by atoms with E-state index in [0.717, 1.165) is 6.42 Å². The van der Waals surface area contributed by atoms with Gasteiger partial charge in [0.05, 0.1) is 6.61 Å². The second-order valence-corrected chi connectivity index (χ2v) is 1.73. The van der Waals surface area contributed by atoms with E-state index in [1.54, 1.807) is 0 Å². The van der Waals surface area contributed by atoms with E-state index in [0.29, 0.717) is 13.2 Å². The van der Waals surface area contributed by atoms with Crippen molar-refractivity contribution in [3.8, 4) is 0 Å². The molecule has 11 heavy (non-hydrogen) atoms. The molecular formula is C7H16O4. The minimum atomic E-state index is -1.25. The van der Waals surface area contributed by atoms with E-state index in [1.165, 1.54) is 0 Å². The zero-order valence-electron chi connectivity index (χ0n) is 6.00. The van der Waals surface area contributed by atoms with Gasteiger partial charge in [-0.1, -0.05) is 14.4 Å². The van der Waals surface area contributed by atoms with Gasteiger partial charge in [0.15, 0.2) is 0 Å². The normalized spacial score (nSPS) is 8.45. The first-order valence-corrected chi connectivity index (χ1v) is 3.20. The molecule has 1 N–H and O–H groups in total. The van der Waals surface area contributed by atoms with E-state index in [1.807, 2.05) is 6.92 Å². The largest absolute Gasteiger partial charge is 0.505 e. The Morgan fingerprint density at radius 3 is 2.45 bits per heavy atom. The van der Waals surface area contributed by atoms with Crippen LogP contribution in [0.3, 0.4) is 0 Å². The van der Waals surface area contributed by atoms with Crippen molar-refractivity contribution in [1.29, 1.82) is 0 Å². The van der Waals surface area contributed by atoms with Crippen LogP contribution in [-0.2, 0) is 9.47 Å². The van der Waals surface area contributed by atoms with Gasteiger partial charge in [0.2, 0.25) is 0 Å². The summed E-state index contributed by atoms with van der Waals surface area (Å²) in [6, 6.07) is 0. The summed E-state index contributed by atoms with van der Waals surface area (Å²) >= 11 is 0. The summed E-state index contributed by atoms with van der Waals surface area (Å²) in [5.74, 6) is 0. The lowest BCUT2D eigenvalue weighted by atomic mass is 10.5. The van der Waals surface area contributed by atoms with Gasteiger partial charge in [0, 0.05) is 6.61 Å². The van der Waals surface area contributed by atoms with Gasteiger partial charge < -0.3 is 14.6 Å². The van der Waals surface area contributed by atoms with Crippen molar-refractivity contribution in [3.63, 3.8) is 0 Å². The first-order chi connectivity index (χ1) is 4.77. The van der Waals surface area contributed by atoms with Crippen molar-refractivity contribution in [2.75, 3.05) is 19.8 Å². The van der Waals surface area contributed by atoms with Gasteiger partial charge in [-0.05, 0) is 6.42 Å². The van der Waals surface area contributed by atoms with Crippen LogP contribution in [0.4, 0.5) is 4.79 Å². The molecule has 0 heterocycles. The molecule has 68 valence electrons. The topological polar surface area (TPSA) is 55.8 Å². The lowest BCUT2D eigenvalue weighted by Crippen LogP contribution is -2.08. The number of carbonyl (C=O) groups is 1. The summed E-state index contributed by atoms with van der Waals surface area (Å²) in [4.78, 5) is 9.75. The summed E-state index contributed by atoms with van der Waals surface area (Å²) in [7, 11) is 0. The summed E-state index contributed by atoms with van der Waals surface area (Å²) in [6.07, 6.45) is -0.312. The molecule has 4 nitrogen and oxygen atoms in total. The van der Waals surface area contributed by atoms with E-state index in [4.69, 9.17) is 9.84 Å². The minimum absolute atomic E-state index is 0. The molecule has 0 aromatic heterocycles. The zero-order valence-corrected chi connectivity index (χ0v) is 6.00. The Hall–Kier alpha value is -0.770. The summed E-state index contributed by atoms with van der Waals surface area (Å²) in [5.41, 5.74) is 0. The number of hydrogen-bond donors (Lipinski definition) is 1. The number of rotatable bonds is 5. The molecule has 0 aliphatic carbocycles. The van der Waals surface area contributed by atoms with Crippen LogP contribution in [0.15, 0.2) is 0 Å². The van der Waals surface area contributed by atoms with Crippen LogP contribution < -0.4 is 0 Å². The van der Waals surface area contributed by atoms with Gasteiger partial charge in [-0.3, -0.25) is 0 Å². The molecule has 0 aliphatic heterocycles. The predicted molar refractivity (Wildman–Crippen MR) is 41.8 cm³/mol. The van der Waals surface area contributed by atoms with Crippen LogP contribution >= 0.6 is 0 Å². The highest BCUT2D eigenvalue weighted by Gasteiger charge is 1.93. The number of ether oxygens (including phenoxy) is 2. The Kier molecular flexibility index (Phi) is 10.8. The second-order valence-electron chi connectivity index (χ2n) is 1.73. The van der Waals surface area contributed by atoms with Crippen molar-refractivity contribution >= 4 is 6.16 Å². The molecule has 0 aromatic carbocycles. The molecule has 0 aromatic rings. The third-order valence-electron chi connectivity index (χ3n) is 0.802. The SMILES string of the molecule is C.CCCOCCOC(=O)O. The van der Waals surface area contributed by atoms with Crippen LogP contribution in [0, 0.1) is 0 Å². The zero-order chi connectivity index (χ0) is 7.82. The van der Waals surface area contributed by atoms with Crippen LogP contribution in [-0.4, -0.2) is 31.1 Å². The molecule has 4 heteroatoms. The minimum Gasteiger partial charge on any atom is -0.450 e. The smallest absolute Gasteiger partial charge is 0.450 e. The van der Waals surface area contributed by atoms with Crippen molar-refractivity contribution in [1.82, 2.24) is 0 Å². The third-order valence-corrected chi connectivity index (χ3v) is 0.802. The molecule has 0 bridgehead atoms. The van der Waals surface area contributed by atoms with Gasteiger partial charge in [-0.25, -0.2) is 4.79 Å². The van der Waals surface area contributed by atoms with Crippen LogP contribution in [0.1, 0.15) is 20.8 Å². The summed E-state index contributed by atoms with van der Waals surface area (Å²) in [5, 5.41) is 7.99. The fourth-order valence-electron chi connectivity index (χ4n) is 0.434. The average molecular weight is 164 g/mol. The predicted octanol–water partition coefficient (Wildman–Crippen LogP) is 1.74. The van der Waals surface area contributed by atoms with E-state index < -0.39 is 6.16 Å². The van der Waals surface area contributed by atoms with Crippen molar-refractivity contribution in [2.45, 2.75) is 20.8 Å². The van der Waals surface area contributed by atoms with Gasteiger partial charge in [-0.15, -0.1) is 0 Å². The molecule has 0 atom stereocenters. The van der Waals surface area contributed by atoms with Crippen LogP contribution in [0.25, 0.3) is 0 Å². The quantitative estimate of drug-likeness (QED) is 0.496. The molecule has 0 rings (SSSR count). The molecule has 0 amide bonds. The Morgan fingerprint density at radius 1 is 1.36 bits per heavy atom. The van der Waals surface area contributed by atoms with Crippen molar-refractivity contribution in [2.24, 2.45) is 0 Å². The van der Waals surface area contributed by atoms with Crippen LogP contribution in [0.5, 0.6) is 0 Å². The lowest BCUT2D eigenvalue weighted by Gasteiger charge is -2.00. The van der Waals surface area contributed by atoms with E-state index >= 15 is 0 Å². The fraction of sp³-hybridized carbons (Fsp3) is 0.857. The molecule has 0 saturated carbocycles. The summed E-state index contributed by atoms with van der Waals surface area (Å²) < 4.78 is 9.12. The highest BCUT2D eigenvalue weighted by Crippen LogP contribution is 1.81. The maximum atomic E-state index is 9.75. The maximum absolute atomic E-state index is 9.75. The first-order valence-electron chi connectivity index (χ1n) is 3.20. The molecule has 0 spiro atoms. The van der Waals surface area contributed by atoms with E-state index in [2.05, 4.69) is 4.74 Å². The Balaban J connectivity index is 0. The highest BCUT2D eigenvalue weighted by molar-refractivity contribution is 5.56. The third kappa shape index (κ3) is 12.4. The Labute approximate surface area is 67.1 Å². The van der Waals surface area contributed by atoms with Gasteiger partial charge in [0.25, 0.3) is 0 Å². The Morgan fingerprint density at radius 2 is 2.00 bits per heavy atom. The monoisotopic (exact) mass is 164 g/mol. The van der Waals surface area contributed by atoms with Gasteiger partial charge >= 0.3 is 6.16 Å². The number of carboxylic acid groups (broad SMARTS) is 1. The van der Waals surface area contributed by atoms with Gasteiger partial charge in [0.1, 0.15) is 6.61 Å². The molecular weight excluding hydrogens is 148 g/mol. The molecule has 0 unspecified atom stereocenters. The highest BCUT2D eigenvalue weighted by atomic mass is 16.7. The van der Waals surface area contributed by atoms with Crippen molar-refractivity contribution < 1.29 is 19.4 Å². The fourth-order valence-corrected chi connectivity index (χ4v) is 0.434. The maximum Gasteiger partial charge on any atom is 0.505 e. The van der Waals surface area contributed by atoms with E-state index in [9.17, 15) is 4.79 Å². The second kappa shape index (κ2) is 9.23. The van der Waals surface area contributed by atoms with Gasteiger partial charge in [-0.2, -0.15) is 0 Å². The Bertz CT molecular complexity index is 92.4.